The van der Waals surface area contributed by atoms with E-state index in [9.17, 15) is 15.0 Å². The second kappa shape index (κ2) is 14.9. The Morgan fingerprint density at radius 1 is 1.06 bits per heavy atom. The molecule has 10 nitrogen and oxygen atoms in total. The van der Waals surface area contributed by atoms with Gasteiger partial charge in [-0.3, -0.25) is 19.6 Å². The average Bonchev–Trinajstić information content (AvgIpc) is 3.88. The zero-order chi connectivity index (χ0) is 36.5. The molecule has 2 aromatic heterocycles. The van der Waals surface area contributed by atoms with Crippen molar-refractivity contribution in [2.24, 2.45) is 5.92 Å². The standard InChI is InChI=1S/C41H40ClN5O5/c1-24-16-30(22-47-14-11-29(21-47)41(49)50)36(51-4)19-28(24)9-8-27-10-13-44-38(37(27)42)32-6-5-7-33(25(32)2)40-45-35-18-26(17-34(43-3)39(35)52-40)20-46-15-12-31(48)23-46/h5-10,13,16-19,29,31,48H,11-12,14-15,20-23H2,1-2,4H3,(H,49,50)/b9-8+/t29-,31-/m1/s1. The van der Waals surface area contributed by atoms with Crippen molar-refractivity contribution in [1.29, 1.82) is 0 Å². The highest BCUT2D eigenvalue weighted by Crippen LogP contribution is 2.39. The summed E-state index contributed by atoms with van der Waals surface area (Å²) in [5, 5.41) is 19.9. The van der Waals surface area contributed by atoms with Crippen molar-refractivity contribution in [2.45, 2.75) is 45.9 Å². The molecule has 0 unspecified atom stereocenters. The number of carboxylic acids is 1. The molecule has 2 saturated heterocycles. The van der Waals surface area contributed by atoms with Gasteiger partial charge in [0.15, 0.2) is 5.58 Å². The maximum absolute atomic E-state index is 11.4. The molecule has 0 amide bonds. The molecular formula is C41H40ClN5O5. The van der Waals surface area contributed by atoms with Crippen LogP contribution in [-0.2, 0) is 17.9 Å². The Morgan fingerprint density at radius 2 is 1.83 bits per heavy atom. The number of oxazole rings is 1. The molecule has 2 aliphatic heterocycles. The summed E-state index contributed by atoms with van der Waals surface area (Å²) in [7, 11) is 1.65. The second-order valence-electron chi connectivity index (χ2n) is 13.7. The van der Waals surface area contributed by atoms with Gasteiger partial charge >= 0.3 is 5.97 Å². The summed E-state index contributed by atoms with van der Waals surface area (Å²) in [5.41, 5.74) is 9.46. The van der Waals surface area contributed by atoms with Crippen molar-refractivity contribution < 1.29 is 24.2 Å². The minimum absolute atomic E-state index is 0.313. The Morgan fingerprint density at radius 3 is 2.56 bits per heavy atom. The number of hydrogen-bond acceptors (Lipinski definition) is 8. The molecular weight excluding hydrogens is 678 g/mol. The van der Waals surface area contributed by atoms with Gasteiger partial charge in [0.05, 0.1) is 41.9 Å². The number of carbonyl (C=O) groups is 1. The largest absolute Gasteiger partial charge is 0.496 e. The summed E-state index contributed by atoms with van der Waals surface area (Å²) >= 11 is 7.05. The summed E-state index contributed by atoms with van der Waals surface area (Å²) in [6.45, 7) is 15.8. The van der Waals surface area contributed by atoms with Crippen LogP contribution in [0.5, 0.6) is 5.75 Å². The predicted octanol–water partition coefficient (Wildman–Crippen LogP) is 8.03. The van der Waals surface area contributed by atoms with Crippen LogP contribution in [0.1, 0.15) is 46.2 Å². The Kier molecular flexibility index (Phi) is 10.1. The monoisotopic (exact) mass is 717 g/mol. The van der Waals surface area contributed by atoms with Gasteiger partial charge in [-0.05, 0) is 91.4 Å². The lowest BCUT2D eigenvalue weighted by molar-refractivity contribution is -0.141. The van der Waals surface area contributed by atoms with Gasteiger partial charge in [-0.2, -0.15) is 0 Å². The van der Waals surface area contributed by atoms with Gasteiger partial charge in [0.1, 0.15) is 5.75 Å². The molecule has 0 radical (unpaired) electrons. The first-order chi connectivity index (χ1) is 25.1. The molecule has 2 aliphatic rings. The smallest absolute Gasteiger partial charge is 0.307 e. The van der Waals surface area contributed by atoms with E-state index in [4.69, 9.17) is 32.3 Å². The Bertz CT molecular complexity index is 2240. The lowest BCUT2D eigenvalue weighted by atomic mass is 9.98. The van der Waals surface area contributed by atoms with Crippen LogP contribution in [0.3, 0.4) is 0 Å². The number of hydrogen-bond donors (Lipinski definition) is 2. The summed E-state index contributed by atoms with van der Waals surface area (Å²) in [5.74, 6) is 0.103. The number of aryl methyl sites for hydroxylation is 1. The molecule has 3 aromatic carbocycles. The van der Waals surface area contributed by atoms with Crippen molar-refractivity contribution in [3.63, 3.8) is 0 Å². The van der Waals surface area contributed by atoms with E-state index in [1.54, 1.807) is 13.3 Å². The van der Waals surface area contributed by atoms with Gasteiger partial charge in [-0.25, -0.2) is 9.83 Å². The van der Waals surface area contributed by atoms with E-state index < -0.39 is 5.97 Å². The second-order valence-corrected chi connectivity index (χ2v) is 14.1. The first-order valence-electron chi connectivity index (χ1n) is 17.4. The number of aliphatic hydroxyl groups is 1. The number of aliphatic hydroxyl groups excluding tert-OH is 1. The molecule has 2 N–H and O–H groups in total. The third kappa shape index (κ3) is 7.18. The summed E-state index contributed by atoms with van der Waals surface area (Å²) in [6.07, 6.45) is 6.82. The fourth-order valence-corrected chi connectivity index (χ4v) is 7.61. The molecule has 0 spiro atoms. The van der Waals surface area contributed by atoms with Gasteiger partial charge in [-0.15, -0.1) is 0 Å². The van der Waals surface area contributed by atoms with Crippen molar-refractivity contribution in [3.8, 4) is 28.5 Å². The van der Waals surface area contributed by atoms with Crippen LogP contribution in [0.25, 0.3) is 50.8 Å². The van der Waals surface area contributed by atoms with Crippen molar-refractivity contribution in [2.75, 3.05) is 33.3 Å². The summed E-state index contributed by atoms with van der Waals surface area (Å²) < 4.78 is 12.0. The van der Waals surface area contributed by atoms with Crippen LogP contribution in [-0.4, -0.2) is 75.3 Å². The fraction of sp³-hybridized carbons (Fsp3) is 0.317. The number of methoxy groups -OCH3 is 1. The summed E-state index contributed by atoms with van der Waals surface area (Å²) in [6, 6.07) is 15.6. The minimum atomic E-state index is -0.739. The van der Waals surface area contributed by atoms with E-state index in [-0.39, 0.29) is 12.0 Å². The maximum atomic E-state index is 11.4. The first kappa shape index (κ1) is 35.4. The van der Waals surface area contributed by atoms with Crippen molar-refractivity contribution in [3.05, 3.63) is 105 Å². The molecule has 52 heavy (non-hydrogen) atoms. The molecule has 4 heterocycles. The van der Waals surface area contributed by atoms with E-state index in [0.29, 0.717) is 66.0 Å². The molecule has 2 fully saturated rings. The highest BCUT2D eigenvalue weighted by molar-refractivity contribution is 6.34. The van der Waals surface area contributed by atoms with E-state index in [0.717, 1.165) is 69.8 Å². The lowest BCUT2D eigenvalue weighted by Crippen LogP contribution is -2.23. The number of benzene rings is 3. The number of aliphatic carboxylic acids is 1. The number of aromatic nitrogens is 2. The van der Waals surface area contributed by atoms with Gasteiger partial charge in [-0.1, -0.05) is 42.0 Å². The maximum Gasteiger partial charge on any atom is 0.307 e. The van der Waals surface area contributed by atoms with Crippen LogP contribution in [0.2, 0.25) is 5.02 Å². The van der Waals surface area contributed by atoms with Crippen molar-refractivity contribution >= 4 is 46.5 Å². The SMILES string of the molecule is [C-]#[N+]c1cc(CN2CC[C@@H](O)C2)cc2nc(-c3cccc(-c4nccc(/C=C/c5cc(OC)c(CN6CC[C@@H](C(=O)O)C6)cc5C)c4Cl)c3C)oc12. The van der Waals surface area contributed by atoms with E-state index in [1.165, 1.54) is 0 Å². The summed E-state index contributed by atoms with van der Waals surface area (Å²) in [4.78, 5) is 29.0. The van der Waals surface area contributed by atoms with E-state index in [2.05, 4.69) is 25.7 Å². The number of likely N-dealkylation sites (tertiary alicyclic amines) is 2. The zero-order valence-electron chi connectivity index (χ0n) is 29.4. The third-order valence-corrected chi connectivity index (χ3v) is 10.6. The predicted molar refractivity (Wildman–Crippen MR) is 202 cm³/mol. The van der Waals surface area contributed by atoms with Gasteiger partial charge in [0, 0.05) is 55.6 Å². The molecule has 7 rings (SSSR count). The lowest BCUT2D eigenvalue weighted by Gasteiger charge is -2.19. The topological polar surface area (TPSA) is 117 Å². The highest BCUT2D eigenvalue weighted by atomic mass is 35.5. The van der Waals surface area contributed by atoms with Gasteiger partial charge < -0.3 is 19.4 Å². The molecule has 0 saturated carbocycles. The third-order valence-electron chi connectivity index (χ3n) is 10.2. The molecule has 11 heteroatoms. The number of pyridine rings is 1. The van der Waals surface area contributed by atoms with Crippen LogP contribution in [0.15, 0.2) is 59.1 Å². The molecule has 2 atom stereocenters. The number of fused-ring (bicyclic) bond motifs is 1. The Labute approximate surface area is 307 Å². The van der Waals surface area contributed by atoms with Crippen LogP contribution < -0.4 is 4.74 Å². The molecule has 0 bridgehead atoms. The van der Waals surface area contributed by atoms with Crippen LogP contribution in [0.4, 0.5) is 5.69 Å². The number of β-amino-alcohol motifs (C(OH)–C–C–N with tert-alkyl or cyclic N) is 1. The number of nitrogens with zero attached hydrogens (tertiary/aromatic N) is 5. The fourth-order valence-electron chi connectivity index (χ4n) is 7.33. The van der Waals surface area contributed by atoms with Gasteiger partial charge in [0.25, 0.3) is 0 Å². The molecule has 0 aliphatic carbocycles. The van der Waals surface area contributed by atoms with E-state index >= 15 is 0 Å². The molecule has 266 valence electrons. The van der Waals surface area contributed by atoms with Crippen LogP contribution >= 0.6 is 11.6 Å². The van der Waals surface area contributed by atoms with Crippen molar-refractivity contribution in [1.82, 2.24) is 19.8 Å². The average molecular weight is 718 g/mol. The normalized spacial score (nSPS) is 18.1. The first-order valence-corrected chi connectivity index (χ1v) is 17.8. The highest BCUT2D eigenvalue weighted by Gasteiger charge is 2.28. The Hall–Kier alpha value is -5.05. The van der Waals surface area contributed by atoms with E-state index in [1.807, 2.05) is 68.5 Å². The quantitative estimate of drug-likeness (QED) is 0.139. The number of carboxylic acid groups (broad SMARTS) is 1. The number of rotatable bonds is 10. The Balaban J connectivity index is 1.15. The number of ether oxygens (including phenoxy) is 1. The number of halogens is 1. The zero-order valence-corrected chi connectivity index (χ0v) is 30.2. The minimum Gasteiger partial charge on any atom is -0.496 e. The van der Waals surface area contributed by atoms with Gasteiger partial charge in [0.2, 0.25) is 11.6 Å². The van der Waals surface area contributed by atoms with Crippen LogP contribution in [0, 0.1) is 26.3 Å². The molecule has 5 aromatic rings.